The second kappa shape index (κ2) is 18.5. The van der Waals surface area contributed by atoms with Gasteiger partial charge in [0.15, 0.2) is 0 Å². The molecule has 0 spiro atoms. The Morgan fingerprint density at radius 1 is 1.75 bits per heavy atom. The van der Waals surface area contributed by atoms with Gasteiger partial charge in [0.25, 0.3) is 0 Å². The van der Waals surface area contributed by atoms with Crippen molar-refractivity contribution in [2.45, 2.75) is 6.92 Å². The SMILES string of the molecule is CC=N.F. The van der Waals surface area contributed by atoms with Crippen molar-refractivity contribution in [2.24, 2.45) is 0 Å². The molecule has 0 saturated carbocycles. The number of hydrogen-bond acceptors (Lipinski definition) is 1. The summed E-state index contributed by atoms with van der Waals surface area (Å²) in [4.78, 5) is 0. The van der Waals surface area contributed by atoms with Crippen LogP contribution in [0.15, 0.2) is 0 Å². The maximum absolute atomic E-state index is 6.08. The highest BCUT2D eigenvalue weighted by atomic mass is 19.0. The van der Waals surface area contributed by atoms with Crippen LogP contribution in [0.2, 0.25) is 0 Å². The predicted octanol–water partition coefficient (Wildman–Crippen LogP) is 0.808. The summed E-state index contributed by atoms with van der Waals surface area (Å²) >= 11 is 0. The molecule has 0 aliphatic heterocycles. The van der Waals surface area contributed by atoms with Gasteiger partial charge in [0, 0.05) is 0 Å². The first-order valence-electron chi connectivity index (χ1n) is 0.866. The van der Waals surface area contributed by atoms with Gasteiger partial charge in [0.2, 0.25) is 0 Å². The molecule has 0 radical (unpaired) electrons. The van der Waals surface area contributed by atoms with Gasteiger partial charge in [-0.25, -0.2) is 0 Å². The summed E-state index contributed by atoms with van der Waals surface area (Å²) in [5, 5.41) is 6.08. The Kier molecular flexibility index (Phi) is 43.9. The van der Waals surface area contributed by atoms with Gasteiger partial charge in [-0.15, -0.1) is 0 Å². The van der Waals surface area contributed by atoms with E-state index in [9.17, 15) is 0 Å². The first-order valence-corrected chi connectivity index (χ1v) is 0.866. The lowest BCUT2D eigenvalue weighted by Crippen LogP contribution is -1.32. The highest BCUT2D eigenvalue weighted by Gasteiger charge is 1.17. The number of hydrogen-bond donors (Lipinski definition) is 1. The molecule has 0 aromatic carbocycles. The van der Waals surface area contributed by atoms with Crippen LogP contribution in [-0.2, 0) is 0 Å². The third-order valence-corrected chi connectivity index (χ3v) is 0. The van der Waals surface area contributed by atoms with Gasteiger partial charge in [-0.1, -0.05) is 0 Å². The first-order chi connectivity index (χ1) is 1.41. The van der Waals surface area contributed by atoms with Gasteiger partial charge >= 0.3 is 0 Å². The van der Waals surface area contributed by atoms with Crippen LogP contribution in [0.1, 0.15) is 6.92 Å². The fraction of sp³-hybridized carbons (Fsp3) is 0.500. The van der Waals surface area contributed by atoms with Gasteiger partial charge in [-0.2, -0.15) is 0 Å². The van der Waals surface area contributed by atoms with E-state index >= 15 is 0 Å². The predicted molar refractivity (Wildman–Crippen MR) is 17.0 cm³/mol. The zero-order valence-electron chi connectivity index (χ0n) is 2.49. The summed E-state index contributed by atoms with van der Waals surface area (Å²) in [7, 11) is 0. The smallest absolute Gasteiger partial charge is 0.00788 e. The summed E-state index contributed by atoms with van der Waals surface area (Å²) in [6.07, 6.45) is 1.25. The van der Waals surface area contributed by atoms with Crippen molar-refractivity contribution >= 4 is 6.21 Å². The molecule has 0 rings (SSSR count). The number of nitrogens with one attached hydrogen (secondary N) is 1. The van der Waals surface area contributed by atoms with Crippen molar-refractivity contribution in [1.82, 2.24) is 0 Å². The summed E-state index contributed by atoms with van der Waals surface area (Å²) in [6, 6.07) is 0. The molecule has 0 saturated heterocycles. The fourth-order valence-electron chi connectivity index (χ4n) is 0. The second-order valence-electron chi connectivity index (χ2n) is 0.289. The number of halogens is 1. The largest absolute Gasteiger partial charge is 0.313 e. The van der Waals surface area contributed by atoms with E-state index in [2.05, 4.69) is 0 Å². The zero-order chi connectivity index (χ0) is 2.71. The van der Waals surface area contributed by atoms with E-state index in [1.165, 1.54) is 6.21 Å². The van der Waals surface area contributed by atoms with Crippen molar-refractivity contribution in [3.63, 3.8) is 0 Å². The molecule has 0 unspecified atom stereocenters. The van der Waals surface area contributed by atoms with Crippen LogP contribution in [0.5, 0.6) is 0 Å². The molecular weight excluding hydrogens is 57.0 g/mol. The lowest BCUT2D eigenvalue weighted by Gasteiger charge is -1.30. The maximum Gasteiger partial charge on any atom is -0.00788 e. The van der Waals surface area contributed by atoms with Crippen LogP contribution >= 0.6 is 0 Å². The topological polar surface area (TPSA) is 23.9 Å². The minimum Gasteiger partial charge on any atom is -0.313 e. The Morgan fingerprint density at radius 3 is 1.75 bits per heavy atom. The van der Waals surface area contributed by atoms with E-state index in [-0.39, 0.29) is 4.70 Å². The van der Waals surface area contributed by atoms with Crippen LogP contribution in [0.25, 0.3) is 0 Å². The third-order valence-electron chi connectivity index (χ3n) is 0. The lowest BCUT2D eigenvalue weighted by molar-refractivity contribution is 1.11. The molecule has 0 aliphatic rings. The maximum atomic E-state index is 6.08. The van der Waals surface area contributed by atoms with Crippen LogP contribution in [-0.4, -0.2) is 6.21 Å². The van der Waals surface area contributed by atoms with Crippen LogP contribution in [0.3, 0.4) is 0 Å². The van der Waals surface area contributed by atoms with E-state index in [1.807, 2.05) is 0 Å². The minimum absolute atomic E-state index is 0. The first kappa shape index (κ1) is 9.51. The van der Waals surface area contributed by atoms with Gasteiger partial charge in [-0.3, -0.25) is 4.70 Å². The van der Waals surface area contributed by atoms with Crippen molar-refractivity contribution in [3.05, 3.63) is 0 Å². The summed E-state index contributed by atoms with van der Waals surface area (Å²) in [5.74, 6) is 0. The lowest BCUT2D eigenvalue weighted by atomic mass is 10.9. The van der Waals surface area contributed by atoms with Gasteiger partial charge < -0.3 is 5.41 Å². The molecule has 4 heavy (non-hydrogen) atoms. The minimum atomic E-state index is 0. The molecule has 1 nitrogen and oxygen atoms in total. The molecule has 0 bridgehead atoms. The Labute approximate surface area is 24.5 Å². The van der Waals surface area contributed by atoms with E-state index < -0.39 is 0 Å². The molecule has 26 valence electrons. The molecule has 2 heteroatoms. The van der Waals surface area contributed by atoms with Crippen molar-refractivity contribution in [3.8, 4) is 0 Å². The fourth-order valence-corrected chi connectivity index (χ4v) is 0. The average Bonchev–Trinajstić information content (AvgIpc) is 0.918. The Hall–Kier alpha value is -0.400. The molecule has 0 fully saturated rings. The highest BCUT2D eigenvalue weighted by molar-refractivity contribution is 5.48. The van der Waals surface area contributed by atoms with Crippen molar-refractivity contribution < 1.29 is 4.70 Å². The van der Waals surface area contributed by atoms with E-state index in [1.54, 1.807) is 6.92 Å². The average molecular weight is 63.1 g/mol. The van der Waals surface area contributed by atoms with Gasteiger partial charge in [0.05, 0.1) is 0 Å². The molecule has 0 heterocycles. The monoisotopic (exact) mass is 63.0 g/mol. The Balaban J connectivity index is 0. The zero-order valence-corrected chi connectivity index (χ0v) is 2.49. The summed E-state index contributed by atoms with van der Waals surface area (Å²) < 4.78 is 0. The van der Waals surface area contributed by atoms with E-state index in [0.717, 1.165) is 0 Å². The number of rotatable bonds is 0. The summed E-state index contributed by atoms with van der Waals surface area (Å²) in [6.45, 7) is 1.67. The third kappa shape index (κ3) is 3.60. The van der Waals surface area contributed by atoms with E-state index in [0.29, 0.717) is 0 Å². The molecular formula is C2H6FN. The molecule has 0 aliphatic carbocycles. The standard InChI is InChI=1S/C2H5N.FH/c1-2-3;/h2-3H,1H3;1H. The quantitative estimate of drug-likeness (QED) is 0.402. The molecule has 0 aromatic rings. The Bertz CT molecular complexity index is 13.5. The molecule has 1 N–H and O–H groups in total. The van der Waals surface area contributed by atoms with Crippen LogP contribution < -0.4 is 0 Å². The van der Waals surface area contributed by atoms with Gasteiger partial charge in [-0.05, 0) is 13.1 Å². The molecule has 0 atom stereocenters. The molecule has 0 aromatic heterocycles. The van der Waals surface area contributed by atoms with Crippen molar-refractivity contribution in [2.75, 3.05) is 0 Å². The summed E-state index contributed by atoms with van der Waals surface area (Å²) in [5.41, 5.74) is 0. The highest BCUT2D eigenvalue weighted by Crippen LogP contribution is 1.16. The van der Waals surface area contributed by atoms with E-state index in [4.69, 9.17) is 5.41 Å². The molecule has 0 amide bonds. The van der Waals surface area contributed by atoms with Gasteiger partial charge in [0.1, 0.15) is 0 Å². The second-order valence-corrected chi connectivity index (χ2v) is 0.289. The van der Waals surface area contributed by atoms with Crippen LogP contribution in [0, 0.1) is 5.41 Å². The normalized spacial score (nSPS) is 3.25. The van der Waals surface area contributed by atoms with Crippen molar-refractivity contribution in [1.29, 1.82) is 5.41 Å². The van der Waals surface area contributed by atoms with Crippen LogP contribution in [0.4, 0.5) is 4.70 Å². The Morgan fingerprint density at radius 2 is 1.75 bits per heavy atom.